The van der Waals surface area contributed by atoms with E-state index in [1.54, 1.807) is 0 Å². The van der Waals surface area contributed by atoms with E-state index < -0.39 is 11.7 Å². The molecule has 0 aliphatic carbocycles. The summed E-state index contributed by atoms with van der Waals surface area (Å²) in [5.74, 6) is -0.351. The molecule has 0 fully saturated rings. The molecular formula is C12H14BrF3N2O. The summed E-state index contributed by atoms with van der Waals surface area (Å²) in [6.07, 6.45) is -2.66. The van der Waals surface area contributed by atoms with E-state index in [4.69, 9.17) is 5.73 Å². The molecule has 1 aromatic rings. The van der Waals surface area contributed by atoms with Gasteiger partial charge in [-0.25, -0.2) is 0 Å². The number of carbonyl (C=O) groups is 1. The first kappa shape index (κ1) is 15.8. The maximum atomic E-state index is 12.4. The molecule has 0 aliphatic rings. The van der Waals surface area contributed by atoms with Crippen LogP contribution in [0.4, 0.5) is 18.9 Å². The van der Waals surface area contributed by atoms with Crippen molar-refractivity contribution in [2.24, 2.45) is 5.73 Å². The van der Waals surface area contributed by atoms with Crippen molar-refractivity contribution in [1.82, 2.24) is 0 Å². The first-order valence-corrected chi connectivity index (χ1v) is 6.49. The summed E-state index contributed by atoms with van der Waals surface area (Å²) < 4.78 is 37.7. The fraction of sp³-hybridized carbons (Fsp3) is 0.417. The number of unbranched alkanes of at least 4 members (excludes halogenated alkanes) is 1. The summed E-state index contributed by atoms with van der Waals surface area (Å²) in [5, 5.41) is 3.00. The predicted molar refractivity (Wildman–Crippen MR) is 70.7 cm³/mol. The Morgan fingerprint density at radius 1 is 1.32 bits per heavy atom. The van der Waals surface area contributed by atoms with Crippen LogP contribution in [-0.4, -0.2) is 12.5 Å². The number of hydrogen-bond acceptors (Lipinski definition) is 2. The van der Waals surface area contributed by atoms with E-state index in [0.717, 1.165) is 18.6 Å². The van der Waals surface area contributed by atoms with Crippen molar-refractivity contribution in [2.45, 2.75) is 25.4 Å². The maximum Gasteiger partial charge on any atom is 0.416 e. The molecule has 0 saturated heterocycles. The van der Waals surface area contributed by atoms with E-state index >= 15 is 0 Å². The molecule has 0 saturated carbocycles. The Hall–Kier alpha value is -1.24. The molecular weight excluding hydrogens is 325 g/mol. The highest BCUT2D eigenvalue weighted by Crippen LogP contribution is 2.33. The van der Waals surface area contributed by atoms with Gasteiger partial charge >= 0.3 is 6.18 Å². The summed E-state index contributed by atoms with van der Waals surface area (Å²) in [5.41, 5.74) is 4.89. The quantitative estimate of drug-likeness (QED) is 0.779. The van der Waals surface area contributed by atoms with E-state index in [0.29, 0.717) is 29.5 Å². The highest BCUT2D eigenvalue weighted by atomic mass is 79.9. The largest absolute Gasteiger partial charge is 0.416 e. The van der Waals surface area contributed by atoms with Crippen LogP contribution in [-0.2, 0) is 11.0 Å². The van der Waals surface area contributed by atoms with Crippen LogP contribution in [0.25, 0.3) is 0 Å². The van der Waals surface area contributed by atoms with Gasteiger partial charge in [0.15, 0.2) is 0 Å². The highest BCUT2D eigenvalue weighted by molar-refractivity contribution is 9.10. The molecule has 7 heteroatoms. The second-order valence-corrected chi connectivity index (χ2v) is 4.90. The topological polar surface area (TPSA) is 55.1 Å². The molecule has 0 aromatic heterocycles. The second-order valence-electron chi connectivity index (χ2n) is 4.04. The first-order chi connectivity index (χ1) is 8.80. The van der Waals surface area contributed by atoms with Gasteiger partial charge < -0.3 is 11.1 Å². The summed E-state index contributed by atoms with van der Waals surface area (Å²) in [4.78, 5) is 10.5. The Bertz CT molecular complexity index is 449. The minimum atomic E-state index is -4.34. The lowest BCUT2D eigenvalue weighted by atomic mass is 10.2. The Kier molecular flexibility index (Phi) is 5.65. The summed E-state index contributed by atoms with van der Waals surface area (Å²) in [6, 6.07) is 3.43. The van der Waals surface area contributed by atoms with Crippen molar-refractivity contribution in [3.05, 3.63) is 28.2 Å². The average molecular weight is 339 g/mol. The Morgan fingerprint density at radius 3 is 2.53 bits per heavy atom. The number of benzene rings is 1. The molecule has 0 heterocycles. The maximum absolute atomic E-state index is 12.4. The van der Waals surface area contributed by atoms with Gasteiger partial charge in [-0.05, 0) is 47.0 Å². The molecule has 0 aliphatic heterocycles. The average Bonchev–Trinajstić information content (AvgIpc) is 2.28. The molecule has 1 aromatic carbocycles. The molecule has 0 bridgehead atoms. The van der Waals surface area contributed by atoms with Gasteiger partial charge in [-0.3, -0.25) is 4.79 Å². The van der Waals surface area contributed by atoms with E-state index in [1.165, 1.54) is 6.07 Å². The molecule has 19 heavy (non-hydrogen) atoms. The molecule has 0 unspecified atom stereocenters. The van der Waals surface area contributed by atoms with Crippen LogP contribution in [0.5, 0.6) is 0 Å². The predicted octanol–water partition coefficient (Wildman–Crippen LogP) is 3.54. The number of halogens is 4. The van der Waals surface area contributed by atoms with Gasteiger partial charge in [0.1, 0.15) is 0 Å². The molecule has 3 N–H and O–H groups in total. The summed E-state index contributed by atoms with van der Waals surface area (Å²) >= 11 is 3.10. The smallest absolute Gasteiger partial charge is 0.384 e. The normalized spacial score (nSPS) is 11.4. The van der Waals surface area contributed by atoms with Crippen molar-refractivity contribution < 1.29 is 18.0 Å². The number of nitrogens with two attached hydrogens (primary N) is 1. The zero-order valence-corrected chi connectivity index (χ0v) is 11.6. The van der Waals surface area contributed by atoms with Crippen LogP contribution in [0.3, 0.4) is 0 Å². The van der Waals surface area contributed by atoms with Gasteiger partial charge in [0, 0.05) is 23.1 Å². The van der Waals surface area contributed by atoms with E-state index in [9.17, 15) is 18.0 Å². The second kappa shape index (κ2) is 6.79. The zero-order valence-electron chi connectivity index (χ0n) is 10.1. The number of hydrogen-bond donors (Lipinski definition) is 2. The molecule has 1 rings (SSSR count). The lowest BCUT2D eigenvalue weighted by Gasteiger charge is -2.11. The van der Waals surface area contributed by atoms with Crippen molar-refractivity contribution in [3.63, 3.8) is 0 Å². The third-order valence-electron chi connectivity index (χ3n) is 2.46. The SMILES string of the molecule is NC(=O)CCCCNc1ccc(C(F)(F)F)cc1Br. The lowest BCUT2D eigenvalue weighted by Crippen LogP contribution is -2.11. The van der Waals surface area contributed by atoms with Gasteiger partial charge in [0.25, 0.3) is 0 Å². The molecule has 106 valence electrons. The van der Waals surface area contributed by atoms with Gasteiger partial charge in [0.2, 0.25) is 5.91 Å². The molecule has 3 nitrogen and oxygen atoms in total. The highest BCUT2D eigenvalue weighted by Gasteiger charge is 2.30. The van der Waals surface area contributed by atoms with Crippen LogP contribution < -0.4 is 11.1 Å². The monoisotopic (exact) mass is 338 g/mol. The standard InChI is InChI=1S/C12H14BrF3N2O/c13-9-7-8(12(14,15)16)4-5-10(9)18-6-2-1-3-11(17)19/h4-5,7,18H,1-3,6H2,(H2,17,19). The summed E-state index contributed by atoms with van der Waals surface area (Å²) in [6.45, 7) is 0.567. The number of anilines is 1. The lowest BCUT2D eigenvalue weighted by molar-refractivity contribution is -0.137. The third kappa shape index (κ3) is 5.50. The number of alkyl halides is 3. The Balaban J connectivity index is 2.49. The summed E-state index contributed by atoms with van der Waals surface area (Å²) in [7, 11) is 0. The van der Waals surface area contributed by atoms with Crippen molar-refractivity contribution in [2.75, 3.05) is 11.9 Å². The fourth-order valence-corrected chi connectivity index (χ4v) is 2.00. The van der Waals surface area contributed by atoms with Crippen LogP contribution in [0.1, 0.15) is 24.8 Å². The number of rotatable bonds is 6. The number of primary amides is 1. The molecule has 0 atom stereocenters. The van der Waals surface area contributed by atoms with Gasteiger partial charge in [-0.2, -0.15) is 13.2 Å². The minimum Gasteiger partial charge on any atom is -0.384 e. The number of amides is 1. The fourth-order valence-electron chi connectivity index (χ4n) is 1.48. The molecule has 0 spiro atoms. The van der Waals surface area contributed by atoms with Gasteiger partial charge in [0.05, 0.1) is 5.56 Å². The van der Waals surface area contributed by atoms with E-state index in [-0.39, 0.29) is 5.91 Å². The Morgan fingerprint density at radius 2 is 2.00 bits per heavy atom. The third-order valence-corrected chi connectivity index (χ3v) is 3.12. The first-order valence-electron chi connectivity index (χ1n) is 5.69. The molecule has 1 amide bonds. The van der Waals surface area contributed by atoms with Crippen molar-refractivity contribution in [1.29, 1.82) is 0 Å². The van der Waals surface area contributed by atoms with Crippen LogP contribution in [0.15, 0.2) is 22.7 Å². The van der Waals surface area contributed by atoms with Gasteiger partial charge in [-0.1, -0.05) is 0 Å². The zero-order chi connectivity index (χ0) is 14.5. The number of nitrogens with one attached hydrogen (secondary N) is 1. The van der Waals surface area contributed by atoms with Crippen LogP contribution in [0.2, 0.25) is 0 Å². The minimum absolute atomic E-state index is 0.315. The van der Waals surface area contributed by atoms with Crippen LogP contribution >= 0.6 is 15.9 Å². The molecule has 0 radical (unpaired) electrons. The number of carbonyl (C=O) groups excluding carboxylic acids is 1. The van der Waals surface area contributed by atoms with E-state index in [2.05, 4.69) is 21.2 Å². The van der Waals surface area contributed by atoms with Crippen molar-refractivity contribution in [3.8, 4) is 0 Å². The Labute approximate surface area is 117 Å². The van der Waals surface area contributed by atoms with Gasteiger partial charge in [-0.15, -0.1) is 0 Å². The van der Waals surface area contributed by atoms with Crippen LogP contribution in [0, 0.1) is 0 Å². The van der Waals surface area contributed by atoms with Crippen molar-refractivity contribution >= 4 is 27.5 Å². The van der Waals surface area contributed by atoms with E-state index in [1.807, 2.05) is 0 Å².